The number of benzene rings is 1. The zero-order valence-corrected chi connectivity index (χ0v) is 11.5. The van der Waals surface area contributed by atoms with E-state index in [-0.39, 0.29) is 19.1 Å². The highest BCUT2D eigenvalue weighted by molar-refractivity contribution is 5.73. The van der Waals surface area contributed by atoms with Crippen LogP contribution >= 0.6 is 0 Å². The van der Waals surface area contributed by atoms with E-state index in [0.29, 0.717) is 13.0 Å². The van der Waals surface area contributed by atoms with Crippen molar-refractivity contribution in [2.24, 2.45) is 11.8 Å². The number of carbonyl (C=O) groups excluding carboxylic acids is 1. The standard InChI is InChI=1S/C15H19NO4/c1-11-7-8-16(9-13(11)14(17)18)15(19)20-10-12-5-3-2-4-6-12/h2-6,11,13H,7-10H2,1H3,(H,17,18)/t11-,13-/m0/s1. The first-order valence-electron chi connectivity index (χ1n) is 6.76. The number of carboxylic acids is 1. The van der Waals surface area contributed by atoms with Gasteiger partial charge in [0.05, 0.1) is 5.92 Å². The normalized spacial score (nSPS) is 22.4. The van der Waals surface area contributed by atoms with Crippen LogP contribution in [0.25, 0.3) is 0 Å². The second-order valence-corrected chi connectivity index (χ2v) is 5.20. The molecule has 1 amide bonds. The van der Waals surface area contributed by atoms with Crippen LogP contribution in [0.1, 0.15) is 18.9 Å². The second-order valence-electron chi connectivity index (χ2n) is 5.20. The van der Waals surface area contributed by atoms with Gasteiger partial charge in [-0.3, -0.25) is 4.79 Å². The van der Waals surface area contributed by atoms with E-state index in [1.54, 1.807) is 0 Å². The maximum absolute atomic E-state index is 12.0. The van der Waals surface area contributed by atoms with E-state index >= 15 is 0 Å². The van der Waals surface area contributed by atoms with Crippen molar-refractivity contribution < 1.29 is 19.4 Å². The molecule has 0 spiro atoms. The highest BCUT2D eigenvalue weighted by Crippen LogP contribution is 2.24. The molecule has 5 nitrogen and oxygen atoms in total. The molecule has 1 aliphatic rings. The number of likely N-dealkylation sites (tertiary alicyclic amines) is 1. The number of piperidine rings is 1. The Morgan fingerprint density at radius 3 is 2.70 bits per heavy atom. The molecular formula is C15H19NO4. The third kappa shape index (κ3) is 3.50. The molecule has 2 atom stereocenters. The largest absolute Gasteiger partial charge is 0.481 e. The van der Waals surface area contributed by atoms with E-state index in [0.717, 1.165) is 5.56 Å². The maximum Gasteiger partial charge on any atom is 0.410 e. The van der Waals surface area contributed by atoms with Gasteiger partial charge in [-0.2, -0.15) is 0 Å². The average molecular weight is 277 g/mol. The molecule has 1 aromatic carbocycles. The Bertz CT molecular complexity index is 474. The lowest BCUT2D eigenvalue weighted by molar-refractivity contribution is -0.145. The third-order valence-electron chi connectivity index (χ3n) is 3.74. The zero-order valence-electron chi connectivity index (χ0n) is 11.5. The van der Waals surface area contributed by atoms with Gasteiger partial charge in [0.2, 0.25) is 0 Å². The fourth-order valence-electron chi connectivity index (χ4n) is 2.37. The Kier molecular flexibility index (Phi) is 4.61. The van der Waals surface area contributed by atoms with Crippen LogP contribution in [-0.4, -0.2) is 35.2 Å². The molecule has 0 aromatic heterocycles. The Hall–Kier alpha value is -2.04. The van der Waals surface area contributed by atoms with Crippen LogP contribution in [0.15, 0.2) is 30.3 Å². The van der Waals surface area contributed by atoms with E-state index < -0.39 is 18.0 Å². The molecular weight excluding hydrogens is 258 g/mol. The number of aliphatic carboxylic acids is 1. The van der Waals surface area contributed by atoms with Crippen molar-refractivity contribution in [3.63, 3.8) is 0 Å². The summed E-state index contributed by atoms with van der Waals surface area (Å²) in [6.45, 7) is 2.90. The zero-order chi connectivity index (χ0) is 14.5. The van der Waals surface area contributed by atoms with Gasteiger partial charge in [-0.25, -0.2) is 4.79 Å². The lowest BCUT2D eigenvalue weighted by Crippen LogP contribution is -2.45. The summed E-state index contributed by atoms with van der Waals surface area (Å²) in [5.41, 5.74) is 0.918. The summed E-state index contributed by atoms with van der Waals surface area (Å²) in [4.78, 5) is 24.6. The van der Waals surface area contributed by atoms with Crippen LogP contribution in [0.3, 0.4) is 0 Å². The maximum atomic E-state index is 12.0. The summed E-state index contributed by atoms with van der Waals surface area (Å²) in [5, 5.41) is 9.14. The molecule has 1 heterocycles. The SMILES string of the molecule is C[C@H]1CCN(C(=O)OCc2ccccc2)C[C@@H]1C(=O)O. The van der Waals surface area contributed by atoms with Gasteiger partial charge in [-0.15, -0.1) is 0 Å². The summed E-state index contributed by atoms with van der Waals surface area (Å²) in [6, 6.07) is 9.42. The van der Waals surface area contributed by atoms with E-state index in [9.17, 15) is 9.59 Å². The number of carbonyl (C=O) groups is 2. The van der Waals surface area contributed by atoms with Crippen LogP contribution in [0, 0.1) is 11.8 Å². The van der Waals surface area contributed by atoms with Crippen LogP contribution in [0.5, 0.6) is 0 Å². The van der Waals surface area contributed by atoms with Gasteiger partial charge in [0.1, 0.15) is 6.61 Å². The molecule has 5 heteroatoms. The van der Waals surface area contributed by atoms with Gasteiger partial charge in [0.25, 0.3) is 0 Å². The van der Waals surface area contributed by atoms with Gasteiger partial charge in [0, 0.05) is 13.1 Å². The van der Waals surface area contributed by atoms with Crippen molar-refractivity contribution in [1.82, 2.24) is 4.90 Å². The molecule has 1 fully saturated rings. The molecule has 1 aliphatic heterocycles. The van der Waals surface area contributed by atoms with Crippen molar-refractivity contribution in [3.05, 3.63) is 35.9 Å². The predicted molar refractivity (Wildman–Crippen MR) is 73.1 cm³/mol. The quantitative estimate of drug-likeness (QED) is 0.921. The number of hydrogen-bond acceptors (Lipinski definition) is 3. The Morgan fingerprint density at radius 1 is 1.35 bits per heavy atom. The lowest BCUT2D eigenvalue weighted by atomic mass is 9.87. The molecule has 0 bridgehead atoms. The second kappa shape index (κ2) is 6.41. The van der Waals surface area contributed by atoms with Gasteiger partial charge in [-0.05, 0) is 17.9 Å². The van der Waals surface area contributed by atoms with Crippen molar-refractivity contribution in [3.8, 4) is 0 Å². The summed E-state index contributed by atoms with van der Waals surface area (Å²) in [5.74, 6) is -1.27. The molecule has 2 rings (SSSR count). The summed E-state index contributed by atoms with van der Waals surface area (Å²) >= 11 is 0. The fraction of sp³-hybridized carbons (Fsp3) is 0.467. The number of hydrogen-bond donors (Lipinski definition) is 1. The highest BCUT2D eigenvalue weighted by Gasteiger charge is 2.34. The van der Waals surface area contributed by atoms with Crippen molar-refractivity contribution >= 4 is 12.1 Å². The predicted octanol–water partition coefficient (Wildman–Crippen LogP) is 2.37. The molecule has 1 N–H and O–H groups in total. The van der Waals surface area contributed by atoms with E-state index in [2.05, 4.69) is 0 Å². The monoisotopic (exact) mass is 277 g/mol. The van der Waals surface area contributed by atoms with E-state index in [4.69, 9.17) is 9.84 Å². The molecule has 0 aliphatic carbocycles. The third-order valence-corrected chi connectivity index (χ3v) is 3.74. The first kappa shape index (κ1) is 14.4. The number of rotatable bonds is 3. The Balaban J connectivity index is 1.88. The Labute approximate surface area is 118 Å². The first-order chi connectivity index (χ1) is 9.58. The number of ether oxygens (including phenoxy) is 1. The van der Waals surface area contributed by atoms with Crippen molar-refractivity contribution in [2.75, 3.05) is 13.1 Å². The lowest BCUT2D eigenvalue weighted by Gasteiger charge is -2.34. The smallest absolute Gasteiger partial charge is 0.410 e. The molecule has 0 radical (unpaired) electrons. The number of amides is 1. The minimum absolute atomic E-state index is 0.0886. The highest BCUT2D eigenvalue weighted by atomic mass is 16.6. The molecule has 0 unspecified atom stereocenters. The minimum Gasteiger partial charge on any atom is -0.481 e. The van der Waals surface area contributed by atoms with Crippen molar-refractivity contribution in [1.29, 1.82) is 0 Å². The van der Waals surface area contributed by atoms with E-state index in [1.807, 2.05) is 37.3 Å². The van der Waals surface area contributed by atoms with E-state index in [1.165, 1.54) is 4.90 Å². The number of nitrogens with zero attached hydrogens (tertiary/aromatic N) is 1. The molecule has 108 valence electrons. The van der Waals surface area contributed by atoms with Crippen LogP contribution < -0.4 is 0 Å². The van der Waals surface area contributed by atoms with Gasteiger partial charge < -0.3 is 14.7 Å². The summed E-state index contributed by atoms with van der Waals surface area (Å²) in [6.07, 6.45) is 0.254. The first-order valence-corrected chi connectivity index (χ1v) is 6.76. The fourth-order valence-corrected chi connectivity index (χ4v) is 2.37. The molecule has 20 heavy (non-hydrogen) atoms. The van der Waals surface area contributed by atoms with Crippen LogP contribution in [-0.2, 0) is 16.1 Å². The topological polar surface area (TPSA) is 66.8 Å². The molecule has 1 aromatic rings. The van der Waals surface area contributed by atoms with Gasteiger partial charge >= 0.3 is 12.1 Å². The van der Waals surface area contributed by atoms with Crippen LogP contribution in [0.4, 0.5) is 4.79 Å². The van der Waals surface area contributed by atoms with Crippen molar-refractivity contribution in [2.45, 2.75) is 20.0 Å². The van der Waals surface area contributed by atoms with Gasteiger partial charge in [0.15, 0.2) is 0 Å². The average Bonchev–Trinajstić information content (AvgIpc) is 2.46. The molecule has 0 saturated carbocycles. The minimum atomic E-state index is -0.849. The number of carboxylic acid groups (broad SMARTS) is 1. The summed E-state index contributed by atoms with van der Waals surface area (Å²) < 4.78 is 5.22. The molecule has 1 saturated heterocycles. The summed E-state index contributed by atoms with van der Waals surface area (Å²) in [7, 11) is 0. The van der Waals surface area contributed by atoms with Crippen LogP contribution in [0.2, 0.25) is 0 Å². The van der Waals surface area contributed by atoms with Gasteiger partial charge in [-0.1, -0.05) is 37.3 Å². The Morgan fingerprint density at radius 2 is 2.05 bits per heavy atom.